The first-order valence-corrected chi connectivity index (χ1v) is 5.05. The monoisotopic (exact) mass is 220 g/mol. The lowest BCUT2D eigenvalue weighted by Crippen LogP contribution is -2.27. The summed E-state index contributed by atoms with van der Waals surface area (Å²) in [4.78, 5) is 23.8. The molecule has 0 aromatic heterocycles. The average Bonchev–Trinajstić information content (AvgIpc) is 2.59. The van der Waals surface area contributed by atoms with E-state index in [0.29, 0.717) is 18.0 Å². The number of rotatable bonds is 3. The fraction of sp³-hybridized carbons (Fsp3) is 0.273. The maximum Gasteiger partial charge on any atom is 0.329 e. The number of imide groups is 1. The van der Waals surface area contributed by atoms with E-state index in [2.05, 4.69) is 5.32 Å². The second kappa shape index (κ2) is 4.22. The normalized spacial score (nSPS) is 15.2. The van der Waals surface area contributed by atoms with Crippen LogP contribution >= 0.6 is 0 Å². The van der Waals surface area contributed by atoms with Crippen molar-refractivity contribution in [3.63, 3.8) is 0 Å². The zero-order valence-corrected chi connectivity index (χ0v) is 8.90. The smallest absolute Gasteiger partial charge is 0.329 e. The zero-order chi connectivity index (χ0) is 11.5. The molecule has 16 heavy (non-hydrogen) atoms. The van der Waals surface area contributed by atoms with Gasteiger partial charge in [-0.1, -0.05) is 6.07 Å². The van der Waals surface area contributed by atoms with Crippen LogP contribution < -0.4 is 15.0 Å². The fourth-order valence-corrected chi connectivity index (χ4v) is 1.56. The Morgan fingerprint density at radius 3 is 2.88 bits per heavy atom. The topological polar surface area (TPSA) is 58.6 Å². The van der Waals surface area contributed by atoms with Gasteiger partial charge in [-0.15, -0.1) is 0 Å². The second-order valence-corrected chi connectivity index (χ2v) is 3.37. The maximum atomic E-state index is 11.4. The van der Waals surface area contributed by atoms with Gasteiger partial charge < -0.3 is 4.74 Å². The number of benzene rings is 1. The van der Waals surface area contributed by atoms with E-state index in [1.165, 1.54) is 4.90 Å². The third-order valence-electron chi connectivity index (χ3n) is 2.23. The summed E-state index contributed by atoms with van der Waals surface area (Å²) in [6.07, 6.45) is 0. The predicted molar refractivity (Wildman–Crippen MR) is 58.5 cm³/mol. The molecule has 3 amide bonds. The number of amides is 3. The van der Waals surface area contributed by atoms with E-state index in [9.17, 15) is 9.59 Å². The van der Waals surface area contributed by atoms with E-state index in [1.54, 1.807) is 18.2 Å². The summed E-state index contributed by atoms with van der Waals surface area (Å²) in [5.41, 5.74) is 0.661. The van der Waals surface area contributed by atoms with Crippen molar-refractivity contribution in [2.45, 2.75) is 6.92 Å². The molecule has 0 unspecified atom stereocenters. The average molecular weight is 220 g/mol. The molecule has 1 aromatic carbocycles. The molecule has 0 atom stereocenters. The van der Waals surface area contributed by atoms with Crippen molar-refractivity contribution < 1.29 is 14.3 Å². The molecule has 1 heterocycles. The van der Waals surface area contributed by atoms with Gasteiger partial charge in [-0.2, -0.15) is 0 Å². The van der Waals surface area contributed by atoms with Gasteiger partial charge >= 0.3 is 6.03 Å². The van der Waals surface area contributed by atoms with Gasteiger partial charge in [0.2, 0.25) is 5.91 Å². The van der Waals surface area contributed by atoms with Gasteiger partial charge in [-0.3, -0.25) is 15.0 Å². The minimum absolute atomic E-state index is 0.0639. The number of hydrogen-bond acceptors (Lipinski definition) is 3. The summed E-state index contributed by atoms with van der Waals surface area (Å²) in [7, 11) is 0. The molecule has 1 aliphatic rings. The molecule has 1 aliphatic heterocycles. The Hall–Kier alpha value is -2.04. The van der Waals surface area contributed by atoms with Crippen LogP contribution in [0.3, 0.4) is 0 Å². The quantitative estimate of drug-likeness (QED) is 0.777. The van der Waals surface area contributed by atoms with Crippen molar-refractivity contribution in [3.8, 4) is 5.75 Å². The summed E-state index contributed by atoms with van der Waals surface area (Å²) in [5.74, 6) is 0.402. The lowest BCUT2D eigenvalue weighted by Gasteiger charge is -2.14. The summed E-state index contributed by atoms with van der Waals surface area (Å²) in [5, 5.41) is 2.22. The minimum atomic E-state index is -0.390. The summed E-state index contributed by atoms with van der Waals surface area (Å²) in [6.45, 7) is 2.52. The second-order valence-electron chi connectivity index (χ2n) is 3.37. The minimum Gasteiger partial charge on any atom is -0.494 e. The SMILES string of the molecule is CCOc1cccc(N2CC(=O)NC2=O)c1. The van der Waals surface area contributed by atoms with Crippen LogP contribution in [0.25, 0.3) is 0 Å². The fourth-order valence-electron chi connectivity index (χ4n) is 1.56. The number of nitrogens with one attached hydrogen (secondary N) is 1. The molecule has 1 aromatic rings. The first-order valence-electron chi connectivity index (χ1n) is 5.05. The molecule has 2 rings (SSSR count). The summed E-state index contributed by atoms with van der Waals surface area (Å²) < 4.78 is 5.32. The van der Waals surface area contributed by atoms with E-state index < -0.39 is 6.03 Å². The summed E-state index contributed by atoms with van der Waals surface area (Å²) >= 11 is 0. The number of carbonyl (C=O) groups is 2. The lowest BCUT2D eigenvalue weighted by atomic mass is 10.3. The van der Waals surface area contributed by atoms with E-state index in [4.69, 9.17) is 4.74 Å². The van der Waals surface area contributed by atoms with Crippen LogP contribution in [-0.4, -0.2) is 25.1 Å². The molecule has 0 spiro atoms. The van der Waals surface area contributed by atoms with Gasteiger partial charge in [0.15, 0.2) is 0 Å². The standard InChI is InChI=1S/C11H12N2O3/c1-2-16-9-5-3-4-8(6-9)13-7-10(14)12-11(13)15/h3-6H,2,7H2,1H3,(H,12,14,15). The van der Waals surface area contributed by atoms with Gasteiger partial charge in [0.1, 0.15) is 12.3 Å². The Balaban J connectivity index is 2.23. The lowest BCUT2D eigenvalue weighted by molar-refractivity contribution is -0.117. The molecule has 0 radical (unpaired) electrons. The number of hydrogen-bond donors (Lipinski definition) is 1. The molecule has 5 heteroatoms. The molecular weight excluding hydrogens is 208 g/mol. The first kappa shape index (κ1) is 10.5. The van der Waals surface area contributed by atoms with Crippen molar-refractivity contribution in [1.29, 1.82) is 0 Å². The Bertz CT molecular complexity index is 431. The Labute approximate surface area is 93.0 Å². The van der Waals surface area contributed by atoms with Crippen molar-refractivity contribution in [3.05, 3.63) is 24.3 Å². The number of ether oxygens (including phenoxy) is 1. The van der Waals surface area contributed by atoms with Crippen LogP contribution in [0.2, 0.25) is 0 Å². The van der Waals surface area contributed by atoms with Crippen LogP contribution in [0, 0.1) is 0 Å². The number of urea groups is 1. The van der Waals surface area contributed by atoms with Gasteiger partial charge in [0.25, 0.3) is 0 Å². The highest BCUT2D eigenvalue weighted by atomic mass is 16.5. The summed E-state index contributed by atoms with van der Waals surface area (Å²) in [6, 6.07) is 6.71. The molecule has 1 fully saturated rings. The highest BCUT2D eigenvalue weighted by Crippen LogP contribution is 2.22. The van der Waals surface area contributed by atoms with Crippen LogP contribution in [0.4, 0.5) is 10.5 Å². The van der Waals surface area contributed by atoms with Crippen molar-refractivity contribution in [2.75, 3.05) is 18.1 Å². The zero-order valence-electron chi connectivity index (χ0n) is 8.90. The molecule has 1 saturated heterocycles. The molecule has 5 nitrogen and oxygen atoms in total. The molecular formula is C11H12N2O3. The molecule has 0 bridgehead atoms. The van der Waals surface area contributed by atoms with Crippen LogP contribution in [0.1, 0.15) is 6.92 Å². The van der Waals surface area contributed by atoms with E-state index in [-0.39, 0.29) is 12.5 Å². The van der Waals surface area contributed by atoms with Gasteiger partial charge in [-0.05, 0) is 19.1 Å². The highest BCUT2D eigenvalue weighted by Gasteiger charge is 2.27. The van der Waals surface area contributed by atoms with Crippen LogP contribution in [0.5, 0.6) is 5.75 Å². The van der Waals surface area contributed by atoms with Crippen molar-refractivity contribution >= 4 is 17.6 Å². The van der Waals surface area contributed by atoms with E-state index in [0.717, 1.165) is 0 Å². The van der Waals surface area contributed by atoms with E-state index in [1.807, 2.05) is 13.0 Å². The highest BCUT2D eigenvalue weighted by molar-refractivity contribution is 6.12. The molecule has 1 N–H and O–H groups in total. The van der Waals surface area contributed by atoms with Crippen LogP contribution in [0.15, 0.2) is 24.3 Å². The Morgan fingerprint density at radius 2 is 2.25 bits per heavy atom. The number of anilines is 1. The molecule has 0 aliphatic carbocycles. The van der Waals surface area contributed by atoms with Gasteiger partial charge in [0.05, 0.1) is 6.61 Å². The van der Waals surface area contributed by atoms with Gasteiger partial charge in [-0.25, -0.2) is 4.79 Å². The molecule has 84 valence electrons. The largest absolute Gasteiger partial charge is 0.494 e. The molecule has 0 saturated carbocycles. The maximum absolute atomic E-state index is 11.4. The van der Waals surface area contributed by atoms with Crippen molar-refractivity contribution in [2.24, 2.45) is 0 Å². The van der Waals surface area contributed by atoms with Crippen LogP contribution in [-0.2, 0) is 4.79 Å². The number of carbonyl (C=O) groups excluding carboxylic acids is 2. The third kappa shape index (κ3) is 1.98. The van der Waals surface area contributed by atoms with Crippen molar-refractivity contribution in [1.82, 2.24) is 5.32 Å². The Morgan fingerprint density at radius 1 is 1.44 bits per heavy atom. The Kier molecular flexibility index (Phi) is 2.76. The van der Waals surface area contributed by atoms with E-state index >= 15 is 0 Å². The first-order chi connectivity index (χ1) is 7.70. The third-order valence-corrected chi connectivity index (χ3v) is 2.23. The van der Waals surface area contributed by atoms with Gasteiger partial charge in [0, 0.05) is 11.8 Å². The predicted octanol–water partition coefficient (Wildman–Crippen LogP) is 1.14. The number of nitrogens with zero attached hydrogens (tertiary/aromatic N) is 1.